The van der Waals surface area contributed by atoms with Gasteiger partial charge in [-0.2, -0.15) is 0 Å². The Bertz CT molecular complexity index is 109. The van der Waals surface area contributed by atoms with E-state index in [-0.39, 0.29) is 39.7 Å². The number of carbonyl (C=O) groups is 2. The van der Waals surface area contributed by atoms with Gasteiger partial charge >= 0.3 is 11.9 Å². The first-order valence-corrected chi connectivity index (χ1v) is 2.56. The van der Waals surface area contributed by atoms with Crippen LogP contribution in [0.2, 0.25) is 0 Å². The molecule has 2 N–H and O–H groups in total. The minimum absolute atomic E-state index is 0. The number of carboxylic acids is 2. The Morgan fingerprint density at radius 1 is 1.00 bits per heavy atom. The normalized spacial score (nSPS) is 8.00. The zero-order valence-corrected chi connectivity index (χ0v) is 6.70. The Balaban J connectivity index is 0. The molecule has 0 aliphatic heterocycles. The van der Waals surface area contributed by atoms with Crippen molar-refractivity contribution in [3.63, 3.8) is 0 Å². The van der Waals surface area contributed by atoms with E-state index in [1.807, 2.05) is 0 Å². The molecule has 0 spiro atoms. The number of aliphatic carboxylic acids is 2. The maximum absolute atomic E-state index is 9.79. The van der Waals surface area contributed by atoms with Crippen molar-refractivity contribution in [2.24, 2.45) is 0 Å². The van der Waals surface area contributed by atoms with Gasteiger partial charge in [0.15, 0.2) is 0 Å². The SMILES string of the molecule is O=C(O)CCCC(=O)O.[Pd]. The second kappa shape index (κ2) is 6.72. The first-order chi connectivity index (χ1) is 4.13. The molecule has 0 atom stereocenters. The van der Waals surface area contributed by atoms with E-state index in [0.717, 1.165) is 0 Å². The number of hydrogen-bond donors (Lipinski definition) is 2. The van der Waals surface area contributed by atoms with Crippen LogP contribution in [0.25, 0.3) is 0 Å². The van der Waals surface area contributed by atoms with Crippen molar-refractivity contribution in [3.05, 3.63) is 0 Å². The summed E-state index contributed by atoms with van der Waals surface area (Å²) in [5.74, 6) is -1.90. The Hall–Kier alpha value is -0.398. The molecule has 0 bridgehead atoms. The second-order valence-corrected chi connectivity index (χ2v) is 1.64. The van der Waals surface area contributed by atoms with Gasteiger partial charge in [0.2, 0.25) is 0 Å². The molecule has 0 aromatic carbocycles. The largest absolute Gasteiger partial charge is 0.481 e. The summed E-state index contributed by atoms with van der Waals surface area (Å²) in [6.45, 7) is 0. The van der Waals surface area contributed by atoms with E-state index in [2.05, 4.69) is 0 Å². The summed E-state index contributed by atoms with van der Waals surface area (Å²) >= 11 is 0. The average molecular weight is 239 g/mol. The van der Waals surface area contributed by atoms with Crippen molar-refractivity contribution in [2.45, 2.75) is 19.3 Å². The van der Waals surface area contributed by atoms with Crippen molar-refractivity contribution < 1.29 is 40.2 Å². The molecule has 0 amide bonds. The summed E-state index contributed by atoms with van der Waals surface area (Å²) in [7, 11) is 0. The molecule has 4 nitrogen and oxygen atoms in total. The van der Waals surface area contributed by atoms with Gasteiger partial charge in [0.25, 0.3) is 0 Å². The van der Waals surface area contributed by atoms with Crippen molar-refractivity contribution >= 4 is 11.9 Å². The molecular formula is C5H8O4Pd. The molecule has 62 valence electrons. The molecule has 0 unspecified atom stereocenters. The third kappa shape index (κ3) is 10.6. The molecule has 0 fully saturated rings. The van der Waals surface area contributed by atoms with Gasteiger partial charge in [0, 0.05) is 33.3 Å². The van der Waals surface area contributed by atoms with E-state index in [4.69, 9.17) is 10.2 Å². The fourth-order valence-corrected chi connectivity index (χ4v) is 0.391. The maximum atomic E-state index is 9.79. The van der Waals surface area contributed by atoms with Crippen LogP contribution < -0.4 is 0 Å². The second-order valence-electron chi connectivity index (χ2n) is 1.64. The fraction of sp³-hybridized carbons (Fsp3) is 0.600. The minimum Gasteiger partial charge on any atom is -0.481 e. The number of carboxylic acid groups (broad SMARTS) is 2. The molecule has 0 aromatic heterocycles. The van der Waals surface area contributed by atoms with Crippen LogP contribution in [-0.4, -0.2) is 22.2 Å². The summed E-state index contributed by atoms with van der Waals surface area (Å²) in [5.41, 5.74) is 0. The Morgan fingerprint density at radius 3 is 1.50 bits per heavy atom. The van der Waals surface area contributed by atoms with Gasteiger partial charge in [-0.25, -0.2) is 0 Å². The van der Waals surface area contributed by atoms with E-state index in [0.29, 0.717) is 0 Å². The summed E-state index contributed by atoms with van der Waals surface area (Å²) in [6.07, 6.45) is 0.0866. The molecular weight excluding hydrogens is 230 g/mol. The zero-order chi connectivity index (χ0) is 7.28. The fourth-order valence-electron chi connectivity index (χ4n) is 0.391. The topological polar surface area (TPSA) is 74.6 Å². The standard InChI is InChI=1S/C5H8O4.Pd/c6-4(7)2-1-3-5(8)9;/h1-3H2,(H,6,7)(H,8,9);. The van der Waals surface area contributed by atoms with Gasteiger partial charge in [0.1, 0.15) is 0 Å². The van der Waals surface area contributed by atoms with Gasteiger partial charge in [-0.1, -0.05) is 0 Å². The molecule has 0 saturated heterocycles. The summed E-state index contributed by atoms with van der Waals surface area (Å²) in [4.78, 5) is 19.6. The molecule has 0 heterocycles. The van der Waals surface area contributed by atoms with E-state index >= 15 is 0 Å². The maximum Gasteiger partial charge on any atom is 0.303 e. The third-order valence-electron chi connectivity index (χ3n) is 0.781. The molecule has 0 aromatic rings. The van der Waals surface area contributed by atoms with Crippen LogP contribution in [0.3, 0.4) is 0 Å². The minimum atomic E-state index is -0.948. The van der Waals surface area contributed by atoms with Crippen LogP contribution in [0.4, 0.5) is 0 Å². The monoisotopic (exact) mass is 238 g/mol. The number of hydrogen-bond acceptors (Lipinski definition) is 2. The van der Waals surface area contributed by atoms with E-state index in [1.165, 1.54) is 0 Å². The third-order valence-corrected chi connectivity index (χ3v) is 0.781. The Kier molecular flexibility index (Phi) is 8.26. The van der Waals surface area contributed by atoms with Gasteiger partial charge < -0.3 is 10.2 Å². The van der Waals surface area contributed by atoms with Crippen LogP contribution in [0.15, 0.2) is 0 Å². The molecule has 0 saturated carbocycles. The van der Waals surface area contributed by atoms with Crippen LogP contribution in [-0.2, 0) is 30.0 Å². The van der Waals surface area contributed by atoms with E-state index < -0.39 is 11.9 Å². The van der Waals surface area contributed by atoms with Crippen LogP contribution in [0, 0.1) is 0 Å². The molecule has 0 radical (unpaired) electrons. The van der Waals surface area contributed by atoms with Gasteiger partial charge in [-0.3, -0.25) is 9.59 Å². The van der Waals surface area contributed by atoms with Crippen LogP contribution >= 0.6 is 0 Å². The first-order valence-electron chi connectivity index (χ1n) is 2.56. The Labute approximate surface area is 71.9 Å². The smallest absolute Gasteiger partial charge is 0.303 e. The predicted octanol–water partition coefficient (Wildman–Crippen LogP) is 0.323. The average Bonchev–Trinajstić information content (AvgIpc) is 1.63. The molecule has 5 heteroatoms. The van der Waals surface area contributed by atoms with Crippen LogP contribution in [0.1, 0.15) is 19.3 Å². The predicted molar refractivity (Wildman–Crippen MR) is 29.1 cm³/mol. The van der Waals surface area contributed by atoms with E-state index in [1.54, 1.807) is 0 Å². The van der Waals surface area contributed by atoms with Crippen molar-refractivity contribution in [1.82, 2.24) is 0 Å². The van der Waals surface area contributed by atoms with Gasteiger partial charge in [-0.15, -0.1) is 0 Å². The molecule has 0 aliphatic carbocycles. The van der Waals surface area contributed by atoms with Gasteiger partial charge in [0.05, 0.1) is 0 Å². The quantitative estimate of drug-likeness (QED) is 0.692. The first kappa shape index (κ1) is 12.3. The number of rotatable bonds is 4. The zero-order valence-electron chi connectivity index (χ0n) is 5.15. The summed E-state index contributed by atoms with van der Waals surface area (Å²) in [5, 5.41) is 16.1. The molecule has 0 rings (SSSR count). The van der Waals surface area contributed by atoms with Crippen molar-refractivity contribution in [3.8, 4) is 0 Å². The summed E-state index contributed by atoms with van der Waals surface area (Å²) < 4.78 is 0. The summed E-state index contributed by atoms with van der Waals surface area (Å²) in [6, 6.07) is 0. The van der Waals surface area contributed by atoms with Crippen molar-refractivity contribution in [2.75, 3.05) is 0 Å². The van der Waals surface area contributed by atoms with E-state index in [9.17, 15) is 9.59 Å². The van der Waals surface area contributed by atoms with Crippen molar-refractivity contribution in [1.29, 1.82) is 0 Å². The van der Waals surface area contributed by atoms with Gasteiger partial charge in [-0.05, 0) is 6.42 Å². The van der Waals surface area contributed by atoms with Crippen LogP contribution in [0.5, 0.6) is 0 Å². The molecule has 0 aliphatic rings. The Morgan fingerprint density at radius 2 is 1.30 bits per heavy atom. The molecule has 10 heavy (non-hydrogen) atoms.